The predicted octanol–water partition coefficient (Wildman–Crippen LogP) is 4.89. The average Bonchev–Trinajstić information content (AvgIpc) is 3.10. The molecule has 8 heteroatoms. The van der Waals surface area contributed by atoms with Crippen LogP contribution < -0.4 is 10.2 Å². The number of rotatable bonds is 5. The fraction of sp³-hybridized carbons (Fsp3) is 0.417. The normalized spacial score (nSPS) is 15.5. The van der Waals surface area contributed by atoms with Crippen molar-refractivity contribution in [2.75, 3.05) is 13.2 Å². The number of ether oxygens (including phenoxy) is 2. The number of carbonyl (C=O) groups is 1. The van der Waals surface area contributed by atoms with Gasteiger partial charge in [0.25, 0.3) is 6.43 Å². The molecule has 3 heterocycles. The lowest BCUT2D eigenvalue weighted by atomic mass is 9.85. The highest BCUT2D eigenvalue weighted by molar-refractivity contribution is 5.93. The average molecular weight is 444 g/mol. The summed E-state index contributed by atoms with van der Waals surface area (Å²) in [5.74, 6) is -0.275. The molecule has 0 bridgehead atoms. The maximum atomic E-state index is 12.8. The van der Waals surface area contributed by atoms with Gasteiger partial charge in [-0.3, -0.25) is 4.79 Å². The molecule has 0 fully saturated rings. The third-order valence-electron chi connectivity index (χ3n) is 5.80. The highest BCUT2D eigenvalue weighted by atomic mass is 19.3. The molecule has 1 aromatic carbocycles. The van der Waals surface area contributed by atoms with E-state index in [1.807, 2.05) is 16.7 Å². The summed E-state index contributed by atoms with van der Waals surface area (Å²) in [4.78, 5) is 25.1. The summed E-state index contributed by atoms with van der Waals surface area (Å²) in [6.07, 6.45) is -0.991. The first-order valence-corrected chi connectivity index (χ1v) is 10.6. The number of halogens is 2. The summed E-state index contributed by atoms with van der Waals surface area (Å²) in [6.45, 7) is 8.05. The molecule has 0 N–H and O–H groups in total. The number of aromatic nitrogens is 2. The Bertz CT molecular complexity index is 1240. The van der Waals surface area contributed by atoms with Crippen LogP contribution in [0.5, 0.6) is 5.75 Å². The van der Waals surface area contributed by atoms with Gasteiger partial charge in [-0.05, 0) is 30.5 Å². The number of carbonyl (C=O) groups excluding carboxylic acids is 1. The van der Waals surface area contributed by atoms with Crippen LogP contribution in [0.2, 0.25) is 0 Å². The quantitative estimate of drug-likeness (QED) is 0.526. The van der Waals surface area contributed by atoms with Crippen molar-refractivity contribution in [2.24, 2.45) is 5.41 Å². The number of alkyl halides is 2. The predicted molar refractivity (Wildman–Crippen MR) is 118 cm³/mol. The van der Waals surface area contributed by atoms with E-state index in [9.17, 15) is 18.4 Å². The minimum atomic E-state index is -2.58. The van der Waals surface area contributed by atoms with Gasteiger partial charge < -0.3 is 18.6 Å². The molecular formula is C24H26F2N2O4. The fourth-order valence-corrected chi connectivity index (χ4v) is 4.27. The number of benzene rings is 1. The summed E-state index contributed by atoms with van der Waals surface area (Å²) >= 11 is 0. The summed E-state index contributed by atoms with van der Waals surface area (Å²) in [5.41, 5.74) is 1.64. The Hall–Kier alpha value is -3.16. The number of hydrogen-bond donors (Lipinski definition) is 0. The topological polar surface area (TPSA) is 62.5 Å². The molecule has 0 amide bonds. The van der Waals surface area contributed by atoms with Crippen LogP contribution in [0, 0.1) is 5.41 Å². The van der Waals surface area contributed by atoms with Crippen LogP contribution in [0.4, 0.5) is 8.78 Å². The molecule has 2 aromatic heterocycles. The Morgan fingerprint density at radius 2 is 1.97 bits per heavy atom. The van der Waals surface area contributed by atoms with Gasteiger partial charge in [0.2, 0.25) is 0 Å². The van der Waals surface area contributed by atoms with Gasteiger partial charge in [0.05, 0.1) is 29.6 Å². The molecular weight excluding hydrogens is 418 g/mol. The maximum Gasteiger partial charge on any atom is 0.343 e. The second kappa shape index (κ2) is 8.07. The Morgan fingerprint density at radius 3 is 2.62 bits per heavy atom. The van der Waals surface area contributed by atoms with Gasteiger partial charge in [0.1, 0.15) is 17.9 Å². The lowest BCUT2D eigenvalue weighted by Crippen LogP contribution is -2.35. The second-order valence-corrected chi connectivity index (χ2v) is 8.98. The molecule has 0 saturated heterocycles. The summed E-state index contributed by atoms with van der Waals surface area (Å²) in [5, 5.41) is 0.700. The van der Waals surface area contributed by atoms with Crippen molar-refractivity contribution in [1.82, 2.24) is 9.13 Å². The minimum Gasteiger partial charge on any atom is -0.487 e. The summed E-state index contributed by atoms with van der Waals surface area (Å²) in [6, 6.07) is 8.58. The van der Waals surface area contributed by atoms with E-state index >= 15 is 0 Å². The van der Waals surface area contributed by atoms with Gasteiger partial charge in [0, 0.05) is 24.2 Å². The molecule has 6 nitrogen and oxygen atoms in total. The highest BCUT2D eigenvalue weighted by Crippen LogP contribution is 2.43. The van der Waals surface area contributed by atoms with E-state index in [4.69, 9.17) is 9.47 Å². The summed E-state index contributed by atoms with van der Waals surface area (Å²) < 4.78 is 39.9. The molecule has 0 radical (unpaired) electrons. The van der Waals surface area contributed by atoms with Crippen molar-refractivity contribution in [1.29, 1.82) is 0 Å². The SMILES string of the molecule is CCOC(=O)c1cn2c(cc1=O)-c1cc3c(OCC(F)F)cccc3n1CC2C(C)(C)C. The number of nitrogens with zero attached hydrogens (tertiary/aromatic N) is 2. The molecule has 4 rings (SSSR count). The van der Waals surface area contributed by atoms with Gasteiger partial charge in [-0.25, -0.2) is 13.6 Å². The minimum absolute atomic E-state index is 0.00429. The van der Waals surface area contributed by atoms with Crippen molar-refractivity contribution in [3.05, 3.63) is 52.3 Å². The van der Waals surface area contributed by atoms with Crippen molar-refractivity contribution < 1.29 is 23.0 Å². The van der Waals surface area contributed by atoms with Crippen LogP contribution in [-0.4, -0.2) is 34.7 Å². The molecule has 170 valence electrons. The zero-order valence-electron chi connectivity index (χ0n) is 18.5. The van der Waals surface area contributed by atoms with Crippen molar-refractivity contribution in [3.63, 3.8) is 0 Å². The molecule has 0 saturated carbocycles. The van der Waals surface area contributed by atoms with Gasteiger partial charge >= 0.3 is 5.97 Å². The monoisotopic (exact) mass is 444 g/mol. The van der Waals surface area contributed by atoms with Crippen molar-refractivity contribution >= 4 is 16.9 Å². The third kappa shape index (κ3) is 3.78. The second-order valence-electron chi connectivity index (χ2n) is 8.98. The van der Waals surface area contributed by atoms with Gasteiger partial charge in [-0.1, -0.05) is 26.8 Å². The zero-order valence-corrected chi connectivity index (χ0v) is 18.5. The number of pyridine rings is 1. The Kier molecular flexibility index (Phi) is 5.56. The van der Waals surface area contributed by atoms with Crippen LogP contribution in [0.3, 0.4) is 0 Å². The molecule has 1 atom stereocenters. The smallest absolute Gasteiger partial charge is 0.343 e. The van der Waals surface area contributed by atoms with E-state index in [0.717, 1.165) is 11.2 Å². The standard InChI is InChI=1S/C24H26F2N2O4/c1-5-31-23(30)15-11-28-18(10-19(15)29)17-9-14-16(27(17)12-21(28)24(2,3)4)7-6-8-20(14)32-13-22(25)26/h6-11,21-22H,5,12-13H2,1-4H3. The van der Waals surface area contributed by atoms with E-state index in [1.54, 1.807) is 25.3 Å². The number of esters is 1. The third-order valence-corrected chi connectivity index (χ3v) is 5.80. The van der Waals surface area contributed by atoms with E-state index in [2.05, 4.69) is 25.3 Å². The van der Waals surface area contributed by atoms with Crippen LogP contribution in [0.15, 0.2) is 41.3 Å². The first-order chi connectivity index (χ1) is 15.1. The van der Waals surface area contributed by atoms with Crippen LogP contribution in [-0.2, 0) is 11.3 Å². The van der Waals surface area contributed by atoms with E-state index in [1.165, 1.54) is 6.07 Å². The Morgan fingerprint density at radius 1 is 1.22 bits per heavy atom. The first-order valence-electron chi connectivity index (χ1n) is 10.6. The van der Waals surface area contributed by atoms with E-state index in [0.29, 0.717) is 23.4 Å². The largest absolute Gasteiger partial charge is 0.487 e. The lowest BCUT2D eigenvalue weighted by molar-refractivity contribution is 0.0522. The highest BCUT2D eigenvalue weighted by Gasteiger charge is 2.34. The van der Waals surface area contributed by atoms with Crippen molar-refractivity contribution in [2.45, 2.75) is 46.7 Å². The summed E-state index contributed by atoms with van der Waals surface area (Å²) in [7, 11) is 0. The van der Waals surface area contributed by atoms with Gasteiger partial charge in [-0.15, -0.1) is 0 Å². The molecule has 0 aliphatic carbocycles. The van der Waals surface area contributed by atoms with Gasteiger partial charge in [-0.2, -0.15) is 0 Å². The Labute approximate surface area is 184 Å². The molecule has 0 spiro atoms. The number of hydrogen-bond acceptors (Lipinski definition) is 4. The van der Waals surface area contributed by atoms with Crippen LogP contribution >= 0.6 is 0 Å². The van der Waals surface area contributed by atoms with Crippen LogP contribution in [0.25, 0.3) is 22.3 Å². The molecule has 1 aliphatic heterocycles. The van der Waals surface area contributed by atoms with E-state index in [-0.39, 0.29) is 23.6 Å². The maximum absolute atomic E-state index is 12.8. The van der Waals surface area contributed by atoms with E-state index < -0.39 is 24.4 Å². The Balaban J connectivity index is 1.94. The fourth-order valence-electron chi connectivity index (χ4n) is 4.27. The number of fused-ring (bicyclic) bond motifs is 5. The lowest BCUT2D eigenvalue weighted by Gasteiger charge is -2.39. The molecule has 32 heavy (non-hydrogen) atoms. The molecule has 1 aliphatic rings. The molecule has 1 unspecified atom stereocenters. The first kappa shape index (κ1) is 22.0. The van der Waals surface area contributed by atoms with Crippen LogP contribution in [0.1, 0.15) is 44.1 Å². The van der Waals surface area contributed by atoms with Gasteiger partial charge in [0.15, 0.2) is 5.43 Å². The van der Waals surface area contributed by atoms with Crippen molar-refractivity contribution in [3.8, 4) is 17.1 Å². The molecule has 3 aromatic rings. The zero-order chi connectivity index (χ0) is 23.2.